The van der Waals surface area contributed by atoms with Crippen LogP contribution >= 0.6 is 0 Å². The first-order chi connectivity index (χ1) is 16.7. The van der Waals surface area contributed by atoms with Crippen LogP contribution in [0.15, 0.2) is 42.5 Å². The monoisotopic (exact) mass is 482 g/mol. The summed E-state index contributed by atoms with van der Waals surface area (Å²) in [7, 11) is 0. The number of phenolic OH excluding ortho intramolecular Hbond substituents is 1. The van der Waals surface area contributed by atoms with Gasteiger partial charge in [-0.25, -0.2) is 14.4 Å². The number of amides is 2. The molecule has 0 spiro atoms. The molecule has 184 valence electrons. The molecule has 3 aromatic rings. The summed E-state index contributed by atoms with van der Waals surface area (Å²) in [5.41, 5.74) is 0.669. The number of benzene rings is 2. The highest BCUT2D eigenvalue weighted by atomic mass is 19.1. The van der Waals surface area contributed by atoms with Crippen LogP contribution in [-0.4, -0.2) is 62.1 Å². The normalized spacial score (nSPS) is 15.3. The fraction of sp³-hybridized carbons (Fsp3) is 0.360. The molecule has 9 nitrogen and oxygen atoms in total. The highest BCUT2D eigenvalue weighted by Gasteiger charge is 2.33. The van der Waals surface area contributed by atoms with Crippen molar-refractivity contribution in [1.29, 1.82) is 0 Å². The van der Waals surface area contributed by atoms with E-state index in [-0.39, 0.29) is 35.1 Å². The van der Waals surface area contributed by atoms with E-state index in [1.807, 2.05) is 13.8 Å². The molecule has 10 heteroatoms. The number of rotatable bonds is 6. The molecule has 3 N–H and O–H groups in total. The lowest BCUT2D eigenvalue weighted by atomic mass is 10.00. The van der Waals surface area contributed by atoms with E-state index in [0.29, 0.717) is 37.0 Å². The van der Waals surface area contributed by atoms with E-state index in [4.69, 9.17) is 4.74 Å². The Bertz CT molecular complexity index is 1240. The van der Waals surface area contributed by atoms with Crippen LogP contribution in [0.5, 0.6) is 17.4 Å². The van der Waals surface area contributed by atoms with E-state index in [9.17, 15) is 24.2 Å². The van der Waals surface area contributed by atoms with Crippen molar-refractivity contribution in [2.75, 3.05) is 13.1 Å². The number of fused-ring (bicyclic) bond motifs is 1. The second kappa shape index (κ2) is 10.1. The second-order valence-electron chi connectivity index (χ2n) is 8.83. The van der Waals surface area contributed by atoms with Crippen molar-refractivity contribution in [3.05, 3.63) is 54.0 Å². The van der Waals surface area contributed by atoms with Crippen LogP contribution in [0.25, 0.3) is 11.0 Å². The van der Waals surface area contributed by atoms with E-state index < -0.39 is 23.6 Å². The van der Waals surface area contributed by atoms with Gasteiger partial charge in [0.1, 0.15) is 18.0 Å². The summed E-state index contributed by atoms with van der Waals surface area (Å²) >= 11 is 0. The number of para-hydroxylation sites is 2. The summed E-state index contributed by atoms with van der Waals surface area (Å²) in [4.78, 5) is 36.0. The van der Waals surface area contributed by atoms with Crippen molar-refractivity contribution in [2.24, 2.45) is 5.92 Å². The van der Waals surface area contributed by atoms with Crippen molar-refractivity contribution in [3.8, 4) is 17.4 Å². The molecule has 0 radical (unpaired) electrons. The minimum Gasteiger partial charge on any atom is -0.504 e. The predicted octanol–water partition coefficient (Wildman–Crippen LogP) is 3.00. The van der Waals surface area contributed by atoms with Gasteiger partial charge in [0.05, 0.1) is 11.0 Å². The van der Waals surface area contributed by atoms with Crippen molar-refractivity contribution in [2.45, 2.75) is 38.8 Å². The second-order valence-corrected chi connectivity index (χ2v) is 8.83. The number of nitrogens with one attached hydrogen (secondary N) is 1. The van der Waals surface area contributed by atoms with E-state index in [1.54, 1.807) is 29.2 Å². The Morgan fingerprint density at radius 1 is 1.09 bits per heavy atom. The molecule has 1 aliphatic heterocycles. The molecule has 2 aromatic carbocycles. The Hall–Kier alpha value is -3.95. The first kappa shape index (κ1) is 24.2. The van der Waals surface area contributed by atoms with Crippen LogP contribution in [0, 0.1) is 11.7 Å². The Labute approximate surface area is 201 Å². The highest BCUT2D eigenvalue weighted by Crippen LogP contribution is 2.29. The van der Waals surface area contributed by atoms with Crippen LogP contribution in [-0.2, 0) is 4.79 Å². The van der Waals surface area contributed by atoms with Crippen LogP contribution in [0.3, 0.4) is 0 Å². The molecule has 0 unspecified atom stereocenters. The van der Waals surface area contributed by atoms with Gasteiger partial charge >= 0.3 is 0 Å². The zero-order valence-corrected chi connectivity index (χ0v) is 19.4. The molecule has 1 aliphatic rings. The largest absolute Gasteiger partial charge is 0.504 e. The Balaban J connectivity index is 1.40. The van der Waals surface area contributed by atoms with Gasteiger partial charge in [0.2, 0.25) is 11.8 Å². The highest BCUT2D eigenvalue weighted by molar-refractivity contribution is 5.99. The molecule has 4 rings (SSSR count). The zero-order valence-electron chi connectivity index (χ0n) is 19.4. The van der Waals surface area contributed by atoms with Crippen molar-refractivity contribution < 1.29 is 28.9 Å². The van der Waals surface area contributed by atoms with Gasteiger partial charge in [0, 0.05) is 32.0 Å². The van der Waals surface area contributed by atoms with Crippen molar-refractivity contribution >= 4 is 22.8 Å². The third-order valence-electron chi connectivity index (χ3n) is 5.95. The number of carbonyl (C=O) groups excluding carboxylic acids is 2. The van der Waals surface area contributed by atoms with E-state index >= 15 is 0 Å². The predicted molar refractivity (Wildman–Crippen MR) is 126 cm³/mol. The quantitative estimate of drug-likeness (QED) is 0.493. The van der Waals surface area contributed by atoms with Gasteiger partial charge in [-0.15, -0.1) is 0 Å². The van der Waals surface area contributed by atoms with Gasteiger partial charge in [-0.3, -0.25) is 9.59 Å². The van der Waals surface area contributed by atoms with Crippen molar-refractivity contribution in [1.82, 2.24) is 20.2 Å². The summed E-state index contributed by atoms with van der Waals surface area (Å²) in [6, 6.07) is 9.60. The maximum Gasteiger partial charge on any atom is 0.276 e. The number of likely N-dealkylation sites (tertiary alicyclic amines) is 1. The number of piperidine rings is 1. The minimum atomic E-state index is -0.825. The molecule has 0 bridgehead atoms. The van der Waals surface area contributed by atoms with Crippen molar-refractivity contribution in [3.63, 3.8) is 0 Å². The average Bonchev–Trinajstić information content (AvgIpc) is 2.83. The SMILES string of the molecule is CC(C)[C@H](NC(=O)c1nc2ccccc2nc1O)C(=O)N1CCC(Oc2ccc(F)cc2O)CC1. The number of halogens is 1. The number of ether oxygens (including phenoxy) is 1. The van der Waals surface area contributed by atoms with Crippen LogP contribution < -0.4 is 10.1 Å². The van der Waals surface area contributed by atoms with Gasteiger partial charge in [0.15, 0.2) is 17.2 Å². The van der Waals surface area contributed by atoms with Gasteiger partial charge < -0.3 is 25.2 Å². The molecule has 35 heavy (non-hydrogen) atoms. The molecule has 1 fully saturated rings. The van der Waals surface area contributed by atoms with Gasteiger partial charge in [0.25, 0.3) is 5.91 Å². The van der Waals surface area contributed by atoms with Gasteiger partial charge in [-0.05, 0) is 30.2 Å². The van der Waals surface area contributed by atoms with Gasteiger partial charge in [-0.1, -0.05) is 26.0 Å². The number of hydrogen-bond donors (Lipinski definition) is 3. The molecular formula is C25H27FN4O5. The molecule has 0 saturated carbocycles. The average molecular weight is 483 g/mol. The fourth-order valence-corrected chi connectivity index (χ4v) is 4.03. The third-order valence-corrected chi connectivity index (χ3v) is 5.95. The Morgan fingerprint density at radius 3 is 2.37 bits per heavy atom. The van der Waals surface area contributed by atoms with Crippen LogP contribution in [0.2, 0.25) is 0 Å². The lowest BCUT2D eigenvalue weighted by Gasteiger charge is -2.35. The van der Waals surface area contributed by atoms with E-state index in [2.05, 4.69) is 15.3 Å². The number of aromatic nitrogens is 2. The summed E-state index contributed by atoms with van der Waals surface area (Å²) < 4.78 is 19.0. The molecule has 2 amide bonds. The number of carbonyl (C=O) groups is 2. The standard InChI is InChI=1S/C25H27FN4O5/c1-14(2)21(29-24(33)22-23(32)28-18-6-4-3-5-17(18)27-22)25(34)30-11-9-16(10-12-30)35-20-8-7-15(26)13-19(20)31/h3-8,13-14,16,21,31H,9-12H2,1-2H3,(H,28,32)(H,29,33)/t21-/m0/s1. The summed E-state index contributed by atoms with van der Waals surface area (Å²) in [6.07, 6.45) is 0.781. The first-order valence-electron chi connectivity index (χ1n) is 11.4. The van der Waals surface area contributed by atoms with Gasteiger partial charge in [-0.2, -0.15) is 0 Å². The zero-order chi connectivity index (χ0) is 25.1. The lowest BCUT2D eigenvalue weighted by Crippen LogP contribution is -2.53. The first-order valence-corrected chi connectivity index (χ1v) is 11.4. The summed E-state index contributed by atoms with van der Waals surface area (Å²) in [5.74, 6) is -2.28. The number of phenols is 1. The summed E-state index contributed by atoms with van der Waals surface area (Å²) in [6.45, 7) is 4.43. The maximum absolute atomic E-state index is 13.3. The van der Waals surface area contributed by atoms with E-state index in [1.165, 1.54) is 12.1 Å². The number of hydrogen-bond acceptors (Lipinski definition) is 7. The van der Waals surface area contributed by atoms with E-state index in [0.717, 1.165) is 6.07 Å². The topological polar surface area (TPSA) is 125 Å². The third kappa shape index (κ3) is 5.42. The van der Waals surface area contributed by atoms with Crippen LogP contribution in [0.4, 0.5) is 4.39 Å². The van der Waals surface area contributed by atoms with Crippen LogP contribution in [0.1, 0.15) is 37.2 Å². The fourth-order valence-electron chi connectivity index (χ4n) is 4.03. The number of nitrogens with zero attached hydrogens (tertiary/aromatic N) is 3. The minimum absolute atomic E-state index is 0.194. The molecule has 1 atom stereocenters. The summed E-state index contributed by atoms with van der Waals surface area (Å²) in [5, 5.41) is 22.8. The molecule has 1 aromatic heterocycles. The molecular weight excluding hydrogens is 455 g/mol. The maximum atomic E-state index is 13.3. The lowest BCUT2D eigenvalue weighted by molar-refractivity contribution is -0.136. The smallest absolute Gasteiger partial charge is 0.276 e. The molecule has 1 saturated heterocycles. The molecule has 0 aliphatic carbocycles. The Kier molecular flexibility index (Phi) is 6.99. The number of aromatic hydroxyl groups is 2. The Morgan fingerprint density at radius 2 is 1.74 bits per heavy atom. The molecule has 2 heterocycles.